The van der Waals surface area contributed by atoms with Gasteiger partial charge in [0.15, 0.2) is 0 Å². The summed E-state index contributed by atoms with van der Waals surface area (Å²) in [4.78, 5) is 6.04. The number of likely N-dealkylation sites (N-methyl/N-ethyl adjacent to an activating group) is 1. The van der Waals surface area contributed by atoms with E-state index in [2.05, 4.69) is 47.7 Å². The van der Waals surface area contributed by atoms with Gasteiger partial charge in [0.25, 0.3) is 0 Å². The molecule has 0 bridgehead atoms. The lowest BCUT2D eigenvalue weighted by molar-refractivity contribution is 0.168. The molecule has 22 heavy (non-hydrogen) atoms. The minimum atomic E-state index is 0.782. The fourth-order valence-corrected chi connectivity index (χ4v) is 2.87. The van der Waals surface area contributed by atoms with Gasteiger partial charge in [-0.15, -0.1) is 11.8 Å². The summed E-state index contributed by atoms with van der Waals surface area (Å²) in [6.07, 6.45) is 1.04. The lowest BCUT2D eigenvalue weighted by atomic mass is 10.3. The molecule has 1 aromatic carbocycles. The molecule has 2 rings (SSSR count). The molecule has 1 aromatic rings. The summed E-state index contributed by atoms with van der Waals surface area (Å²) in [7, 11) is 2.18. The molecular formula is C18H26N2OS. The Bertz CT molecular complexity index is 484. The summed E-state index contributed by atoms with van der Waals surface area (Å²) >= 11 is 1.78. The first-order valence-electron chi connectivity index (χ1n) is 8.00. The number of hydrogen-bond acceptors (Lipinski definition) is 4. The van der Waals surface area contributed by atoms with Gasteiger partial charge in [0.2, 0.25) is 0 Å². The minimum Gasteiger partial charge on any atom is -0.494 e. The summed E-state index contributed by atoms with van der Waals surface area (Å²) in [5, 5.41) is 0. The van der Waals surface area contributed by atoms with E-state index in [1.54, 1.807) is 11.8 Å². The average Bonchev–Trinajstić information content (AvgIpc) is 2.55. The Labute approximate surface area is 139 Å². The van der Waals surface area contributed by atoms with Crippen LogP contribution in [0.4, 0.5) is 0 Å². The molecule has 3 nitrogen and oxygen atoms in total. The average molecular weight is 318 g/mol. The van der Waals surface area contributed by atoms with Crippen molar-refractivity contribution in [3.63, 3.8) is 0 Å². The van der Waals surface area contributed by atoms with Crippen LogP contribution in [0.15, 0.2) is 29.2 Å². The Morgan fingerprint density at radius 2 is 1.82 bits per heavy atom. The molecule has 4 heteroatoms. The number of rotatable bonds is 6. The maximum atomic E-state index is 5.58. The van der Waals surface area contributed by atoms with Gasteiger partial charge in [-0.1, -0.05) is 18.8 Å². The SMILES string of the molecule is CCCOc1ccc(SCC#CCN2CCN(C)CC2)cc1. The zero-order valence-corrected chi connectivity index (χ0v) is 14.5. The van der Waals surface area contributed by atoms with Crippen molar-refractivity contribution in [3.05, 3.63) is 24.3 Å². The van der Waals surface area contributed by atoms with E-state index < -0.39 is 0 Å². The molecule has 0 saturated carbocycles. The predicted molar refractivity (Wildman–Crippen MR) is 94.7 cm³/mol. The summed E-state index contributed by atoms with van der Waals surface area (Å²) in [5.41, 5.74) is 0. The van der Waals surface area contributed by atoms with Crippen molar-refractivity contribution in [2.75, 3.05) is 52.1 Å². The normalized spacial score (nSPS) is 16.1. The third-order valence-electron chi connectivity index (χ3n) is 3.63. The Balaban J connectivity index is 1.65. The van der Waals surface area contributed by atoms with E-state index in [9.17, 15) is 0 Å². The number of piperazine rings is 1. The zero-order valence-electron chi connectivity index (χ0n) is 13.7. The van der Waals surface area contributed by atoms with Gasteiger partial charge in [0.1, 0.15) is 5.75 Å². The smallest absolute Gasteiger partial charge is 0.119 e. The van der Waals surface area contributed by atoms with E-state index in [1.165, 1.54) is 4.90 Å². The van der Waals surface area contributed by atoms with Crippen LogP contribution in [-0.2, 0) is 0 Å². The molecule has 0 atom stereocenters. The molecule has 1 fully saturated rings. The fourth-order valence-electron chi connectivity index (χ4n) is 2.20. The Morgan fingerprint density at radius 1 is 1.09 bits per heavy atom. The molecule has 1 aliphatic heterocycles. The highest BCUT2D eigenvalue weighted by Gasteiger charge is 2.11. The highest BCUT2D eigenvalue weighted by molar-refractivity contribution is 7.99. The van der Waals surface area contributed by atoms with E-state index in [4.69, 9.17) is 4.74 Å². The summed E-state index contributed by atoms with van der Waals surface area (Å²) < 4.78 is 5.58. The lowest BCUT2D eigenvalue weighted by Gasteiger charge is -2.30. The molecule has 0 amide bonds. The topological polar surface area (TPSA) is 15.7 Å². The molecule has 0 unspecified atom stereocenters. The van der Waals surface area contributed by atoms with Crippen molar-refractivity contribution < 1.29 is 4.74 Å². The molecular weight excluding hydrogens is 292 g/mol. The van der Waals surface area contributed by atoms with Gasteiger partial charge in [-0.05, 0) is 37.7 Å². The zero-order chi connectivity index (χ0) is 15.6. The van der Waals surface area contributed by atoms with Crippen LogP contribution in [0.5, 0.6) is 5.75 Å². The maximum Gasteiger partial charge on any atom is 0.119 e. The van der Waals surface area contributed by atoms with Crippen molar-refractivity contribution in [2.45, 2.75) is 18.2 Å². The quantitative estimate of drug-likeness (QED) is 0.592. The first-order chi connectivity index (χ1) is 10.8. The van der Waals surface area contributed by atoms with E-state index >= 15 is 0 Å². The van der Waals surface area contributed by atoms with Crippen LogP contribution in [-0.4, -0.2) is 61.9 Å². The van der Waals surface area contributed by atoms with Crippen molar-refractivity contribution in [3.8, 4) is 17.6 Å². The van der Waals surface area contributed by atoms with Crippen LogP contribution in [0.3, 0.4) is 0 Å². The van der Waals surface area contributed by atoms with Gasteiger partial charge in [-0.3, -0.25) is 4.90 Å². The molecule has 0 radical (unpaired) electrons. The van der Waals surface area contributed by atoms with Crippen molar-refractivity contribution in [1.29, 1.82) is 0 Å². The Hall–Kier alpha value is -1.15. The van der Waals surface area contributed by atoms with Gasteiger partial charge in [-0.2, -0.15) is 0 Å². The lowest BCUT2D eigenvalue weighted by Crippen LogP contribution is -2.44. The second-order valence-electron chi connectivity index (χ2n) is 5.54. The molecule has 1 saturated heterocycles. The second-order valence-corrected chi connectivity index (χ2v) is 6.59. The highest BCUT2D eigenvalue weighted by Crippen LogP contribution is 2.21. The molecule has 0 aromatic heterocycles. The first-order valence-corrected chi connectivity index (χ1v) is 8.99. The van der Waals surface area contributed by atoms with Gasteiger partial charge >= 0.3 is 0 Å². The maximum absolute atomic E-state index is 5.58. The standard InChI is InChI=1S/C18H26N2OS/c1-3-15-21-17-6-8-18(9-7-17)22-16-5-4-10-20-13-11-19(2)12-14-20/h6-9H,3,10-16H2,1-2H3. The number of benzene rings is 1. The van der Waals surface area contributed by atoms with Gasteiger partial charge in [0.05, 0.1) is 18.9 Å². The van der Waals surface area contributed by atoms with Crippen LogP contribution >= 0.6 is 11.8 Å². The first kappa shape index (κ1) is 17.2. The third-order valence-corrected chi connectivity index (χ3v) is 4.53. The summed E-state index contributed by atoms with van der Waals surface area (Å²) in [6, 6.07) is 8.29. The van der Waals surface area contributed by atoms with Crippen molar-refractivity contribution in [1.82, 2.24) is 9.80 Å². The Morgan fingerprint density at radius 3 is 2.50 bits per heavy atom. The molecule has 0 N–H and O–H groups in total. The molecule has 1 aliphatic rings. The molecule has 1 heterocycles. The van der Waals surface area contributed by atoms with E-state index in [0.29, 0.717) is 0 Å². The van der Waals surface area contributed by atoms with Gasteiger partial charge < -0.3 is 9.64 Å². The van der Waals surface area contributed by atoms with Crippen molar-refractivity contribution in [2.24, 2.45) is 0 Å². The highest BCUT2D eigenvalue weighted by atomic mass is 32.2. The molecule has 0 spiro atoms. The number of hydrogen-bond donors (Lipinski definition) is 0. The van der Waals surface area contributed by atoms with Crippen LogP contribution in [0, 0.1) is 11.8 Å². The van der Waals surface area contributed by atoms with Crippen LogP contribution in [0.2, 0.25) is 0 Å². The fraction of sp³-hybridized carbons (Fsp3) is 0.556. The van der Waals surface area contributed by atoms with Gasteiger partial charge in [-0.25, -0.2) is 0 Å². The number of ether oxygens (including phenoxy) is 1. The second kappa shape index (κ2) is 9.78. The predicted octanol–water partition coefficient (Wildman–Crippen LogP) is 2.82. The van der Waals surface area contributed by atoms with Gasteiger partial charge in [0, 0.05) is 31.1 Å². The number of thioether (sulfide) groups is 1. The minimum absolute atomic E-state index is 0.782. The summed E-state index contributed by atoms with van der Waals surface area (Å²) in [6.45, 7) is 8.38. The molecule has 0 aliphatic carbocycles. The van der Waals surface area contributed by atoms with Crippen LogP contribution in [0.1, 0.15) is 13.3 Å². The van der Waals surface area contributed by atoms with Crippen LogP contribution < -0.4 is 4.74 Å². The number of nitrogens with zero attached hydrogens (tertiary/aromatic N) is 2. The van der Waals surface area contributed by atoms with E-state index in [1.807, 2.05) is 12.1 Å². The van der Waals surface area contributed by atoms with Crippen LogP contribution in [0.25, 0.3) is 0 Å². The third kappa shape index (κ3) is 6.31. The largest absolute Gasteiger partial charge is 0.494 e. The van der Waals surface area contributed by atoms with E-state index in [-0.39, 0.29) is 0 Å². The van der Waals surface area contributed by atoms with Crippen molar-refractivity contribution >= 4 is 11.8 Å². The summed E-state index contributed by atoms with van der Waals surface area (Å²) in [5.74, 6) is 8.36. The monoisotopic (exact) mass is 318 g/mol. The van der Waals surface area contributed by atoms with E-state index in [0.717, 1.165) is 57.3 Å². The Kier molecular flexibility index (Phi) is 7.65. The molecule has 120 valence electrons.